The smallest absolute Gasteiger partial charge is 0.273 e. The molecule has 1 aromatic rings. The summed E-state index contributed by atoms with van der Waals surface area (Å²) in [7, 11) is -3.50. The molecule has 0 aliphatic carbocycles. The van der Waals surface area contributed by atoms with Gasteiger partial charge >= 0.3 is 0 Å². The third-order valence-electron chi connectivity index (χ3n) is 3.50. The molecule has 0 atom stereocenters. The Labute approximate surface area is 135 Å². The first-order chi connectivity index (χ1) is 10.3. The maximum Gasteiger partial charge on any atom is 0.273 e. The molecule has 0 saturated carbocycles. The van der Waals surface area contributed by atoms with E-state index in [0.717, 1.165) is 19.3 Å². The van der Waals surface area contributed by atoms with Crippen molar-refractivity contribution in [2.24, 2.45) is 0 Å². The average molecular weight is 347 g/mol. The van der Waals surface area contributed by atoms with Crippen LogP contribution in [0, 0.1) is 0 Å². The molecule has 7 nitrogen and oxygen atoms in total. The summed E-state index contributed by atoms with van der Waals surface area (Å²) in [5.74, 6) is -0.106. The number of hydrogen-bond donors (Lipinski definition) is 0. The number of piperazine rings is 1. The Morgan fingerprint density at radius 2 is 2.00 bits per heavy atom. The molecule has 0 N–H and O–H groups in total. The van der Waals surface area contributed by atoms with Crippen molar-refractivity contribution in [1.82, 2.24) is 14.8 Å². The lowest BCUT2D eigenvalue weighted by Crippen LogP contribution is -2.50. The van der Waals surface area contributed by atoms with Crippen LogP contribution in [0.4, 0.5) is 0 Å². The lowest BCUT2D eigenvalue weighted by molar-refractivity contribution is 0.0590. The predicted molar refractivity (Wildman–Crippen MR) is 84.4 cm³/mol. The number of rotatable bonds is 5. The molecule has 0 bridgehead atoms. The molecule has 1 fully saturated rings. The quantitative estimate of drug-likeness (QED) is 0.733. The third kappa shape index (κ3) is 4.73. The lowest BCUT2D eigenvalue weighted by atomic mass is 10.2. The molecule has 0 radical (unpaired) electrons. The Kier molecular flexibility index (Phi) is 5.54. The van der Waals surface area contributed by atoms with Crippen LogP contribution in [-0.2, 0) is 20.9 Å². The second-order valence-electron chi connectivity index (χ2n) is 5.51. The van der Waals surface area contributed by atoms with Crippen LogP contribution in [0.2, 0.25) is 0 Å². The van der Waals surface area contributed by atoms with Crippen molar-refractivity contribution < 1.29 is 17.4 Å². The van der Waals surface area contributed by atoms with E-state index in [9.17, 15) is 13.2 Å². The van der Waals surface area contributed by atoms with Crippen LogP contribution in [-0.4, -0.2) is 67.6 Å². The van der Waals surface area contributed by atoms with Crippen molar-refractivity contribution in [3.05, 3.63) is 16.1 Å². The molecule has 1 aromatic heterocycles. The summed E-state index contributed by atoms with van der Waals surface area (Å²) in [5, 5.41) is 2.13. The molecule has 2 rings (SSSR count). The molecule has 9 heteroatoms. The van der Waals surface area contributed by atoms with Crippen LogP contribution < -0.4 is 0 Å². The van der Waals surface area contributed by atoms with Crippen LogP contribution in [0.25, 0.3) is 0 Å². The molecule has 2 heterocycles. The van der Waals surface area contributed by atoms with Gasteiger partial charge in [-0.2, -0.15) is 8.42 Å². The normalized spacial score (nSPS) is 17.2. The topological polar surface area (TPSA) is 79.8 Å². The first-order valence-corrected chi connectivity index (χ1v) is 9.78. The molecule has 0 aromatic carbocycles. The number of aromatic nitrogens is 1. The number of nitrogens with zero attached hydrogens (tertiary/aromatic N) is 3. The van der Waals surface area contributed by atoms with Gasteiger partial charge in [-0.1, -0.05) is 0 Å². The zero-order valence-corrected chi connectivity index (χ0v) is 14.6. The molecule has 1 saturated heterocycles. The molecule has 1 amide bonds. The Balaban J connectivity index is 1.92. The van der Waals surface area contributed by atoms with E-state index >= 15 is 0 Å². The molecule has 124 valence electrons. The number of carbonyl (C=O) groups is 1. The minimum atomic E-state index is -3.50. The van der Waals surface area contributed by atoms with Crippen molar-refractivity contribution in [3.8, 4) is 0 Å². The van der Waals surface area contributed by atoms with Crippen LogP contribution in [0.15, 0.2) is 5.38 Å². The number of thiazole rings is 1. The first-order valence-electron chi connectivity index (χ1n) is 7.08. The van der Waals surface area contributed by atoms with Crippen molar-refractivity contribution in [1.29, 1.82) is 0 Å². The van der Waals surface area contributed by atoms with E-state index in [0.29, 0.717) is 29.8 Å². The van der Waals surface area contributed by atoms with Gasteiger partial charge in [-0.25, -0.2) is 4.98 Å². The van der Waals surface area contributed by atoms with E-state index in [1.54, 1.807) is 10.3 Å². The van der Waals surface area contributed by atoms with Crippen molar-refractivity contribution in [2.45, 2.75) is 26.5 Å². The van der Waals surface area contributed by atoms with E-state index in [-0.39, 0.29) is 12.5 Å². The number of hydrogen-bond acceptors (Lipinski definition) is 7. The Morgan fingerprint density at radius 3 is 2.55 bits per heavy atom. The zero-order valence-electron chi connectivity index (χ0n) is 13.0. The summed E-state index contributed by atoms with van der Waals surface area (Å²) in [4.78, 5) is 20.7. The molecule has 1 aliphatic heterocycles. The standard InChI is InChI=1S/C13H21N3O4S2/c1-10(2)15-4-6-16(7-5-15)13(17)11-9-21-12(14-11)8-20-22(3,18)19/h9-10H,4-8H2,1-3H3. The summed E-state index contributed by atoms with van der Waals surface area (Å²) >= 11 is 1.23. The maximum absolute atomic E-state index is 12.4. The monoisotopic (exact) mass is 347 g/mol. The fraction of sp³-hybridized carbons (Fsp3) is 0.692. The van der Waals surface area contributed by atoms with E-state index in [4.69, 9.17) is 0 Å². The van der Waals surface area contributed by atoms with Crippen LogP contribution >= 0.6 is 11.3 Å². The highest BCUT2D eigenvalue weighted by Gasteiger charge is 2.24. The third-order valence-corrected chi connectivity index (χ3v) is 4.87. The van der Waals surface area contributed by atoms with Gasteiger partial charge in [-0.15, -0.1) is 11.3 Å². The van der Waals surface area contributed by atoms with Gasteiger partial charge < -0.3 is 4.90 Å². The van der Waals surface area contributed by atoms with Crippen molar-refractivity contribution in [3.63, 3.8) is 0 Å². The molecule has 0 unspecified atom stereocenters. The molecule has 0 spiro atoms. The van der Waals surface area contributed by atoms with Gasteiger partial charge in [0.25, 0.3) is 16.0 Å². The molecular weight excluding hydrogens is 326 g/mol. The summed E-state index contributed by atoms with van der Waals surface area (Å²) in [5.41, 5.74) is 0.357. The molecule has 1 aliphatic rings. The minimum absolute atomic E-state index is 0.106. The Morgan fingerprint density at radius 1 is 1.36 bits per heavy atom. The Bertz CT molecular complexity index is 619. The predicted octanol–water partition coefficient (Wildman–Crippen LogP) is 0.786. The Hall–Kier alpha value is -1.03. The highest BCUT2D eigenvalue weighted by molar-refractivity contribution is 7.85. The molecular formula is C13H21N3O4S2. The molecule has 22 heavy (non-hydrogen) atoms. The number of amides is 1. The van der Waals surface area contributed by atoms with Gasteiger partial charge in [0.05, 0.1) is 6.26 Å². The van der Waals surface area contributed by atoms with Crippen LogP contribution in [0.3, 0.4) is 0 Å². The summed E-state index contributed by atoms with van der Waals surface area (Å²) in [6.45, 7) is 7.25. The first kappa shape index (κ1) is 17.3. The maximum atomic E-state index is 12.4. The largest absolute Gasteiger partial charge is 0.335 e. The van der Waals surface area contributed by atoms with Gasteiger partial charge in [0, 0.05) is 37.6 Å². The van der Waals surface area contributed by atoms with Crippen molar-refractivity contribution >= 4 is 27.4 Å². The van der Waals surface area contributed by atoms with E-state index in [2.05, 4.69) is 27.9 Å². The van der Waals surface area contributed by atoms with Gasteiger partial charge in [0.15, 0.2) is 0 Å². The average Bonchev–Trinajstić information content (AvgIpc) is 2.92. The SMILES string of the molecule is CC(C)N1CCN(C(=O)c2csc(COS(C)(=O)=O)n2)CC1. The fourth-order valence-electron chi connectivity index (χ4n) is 2.24. The van der Waals surface area contributed by atoms with Gasteiger partial charge in [0.1, 0.15) is 17.3 Å². The van der Waals surface area contributed by atoms with E-state index < -0.39 is 10.1 Å². The fourth-order valence-corrected chi connectivity index (χ4v) is 3.32. The van der Waals surface area contributed by atoms with Crippen LogP contribution in [0.1, 0.15) is 29.3 Å². The lowest BCUT2D eigenvalue weighted by Gasteiger charge is -2.36. The highest BCUT2D eigenvalue weighted by atomic mass is 32.2. The van der Waals surface area contributed by atoms with E-state index in [1.807, 2.05) is 0 Å². The van der Waals surface area contributed by atoms with Crippen LogP contribution in [0.5, 0.6) is 0 Å². The summed E-state index contributed by atoms with van der Waals surface area (Å²) in [6.07, 6.45) is 0.987. The highest BCUT2D eigenvalue weighted by Crippen LogP contribution is 2.15. The van der Waals surface area contributed by atoms with Gasteiger partial charge in [-0.3, -0.25) is 13.9 Å². The summed E-state index contributed by atoms with van der Waals surface area (Å²) in [6, 6.07) is 0.483. The second kappa shape index (κ2) is 7.03. The zero-order chi connectivity index (χ0) is 16.3. The van der Waals surface area contributed by atoms with Gasteiger partial charge in [0.2, 0.25) is 0 Å². The summed E-state index contributed by atoms with van der Waals surface area (Å²) < 4.78 is 26.6. The second-order valence-corrected chi connectivity index (χ2v) is 8.10. The minimum Gasteiger partial charge on any atom is -0.335 e. The van der Waals surface area contributed by atoms with Gasteiger partial charge in [-0.05, 0) is 13.8 Å². The number of carbonyl (C=O) groups excluding carboxylic acids is 1. The van der Waals surface area contributed by atoms with E-state index in [1.165, 1.54) is 11.3 Å². The van der Waals surface area contributed by atoms with Crippen molar-refractivity contribution in [2.75, 3.05) is 32.4 Å².